The van der Waals surface area contributed by atoms with Crippen molar-refractivity contribution in [2.45, 2.75) is 24.5 Å². The Hall–Kier alpha value is -2.05. The summed E-state index contributed by atoms with van der Waals surface area (Å²) in [5.74, 6) is -0.207. The monoisotopic (exact) mass is 299 g/mol. The average Bonchev–Trinajstić information content (AvgIpc) is 3.02. The smallest absolute Gasteiger partial charge is 0.280 e. The Morgan fingerprint density at radius 3 is 2.81 bits per heavy atom. The molecule has 0 aromatic carbocycles. The van der Waals surface area contributed by atoms with E-state index in [1.807, 2.05) is 0 Å². The summed E-state index contributed by atoms with van der Waals surface area (Å²) in [5.41, 5.74) is 1.14. The van der Waals surface area contributed by atoms with Crippen molar-refractivity contribution in [3.05, 3.63) is 16.7 Å². The lowest BCUT2D eigenvalue weighted by molar-refractivity contribution is -0.0511. The van der Waals surface area contributed by atoms with Gasteiger partial charge in [0.1, 0.15) is 18.3 Å². The van der Waals surface area contributed by atoms with Gasteiger partial charge >= 0.3 is 0 Å². The number of aliphatic hydroxyl groups is 3. The van der Waals surface area contributed by atoms with Crippen LogP contribution in [0.15, 0.2) is 11.1 Å². The molecule has 21 heavy (non-hydrogen) atoms. The van der Waals surface area contributed by atoms with E-state index in [0.717, 1.165) is 0 Å². The number of hydrogen-bond donors (Lipinski definition) is 6. The van der Waals surface area contributed by atoms with Crippen molar-refractivity contribution in [2.75, 3.05) is 12.1 Å². The number of fused-ring (bicyclic) bond motifs is 1. The summed E-state index contributed by atoms with van der Waals surface area (Å²) >= 11 is 0. The first-order valence-electron chi connectivity index (χ1n) is 6.06. The molecule has 11 nitrogen and oxygen atoms in total. The molecule has 11 heteroatoms. The predicted molar refractivity (Wildman–Crippen MR) is 66.6 cm³/mol. The van der Waals surface area contributed by atoms with Gasteiger partial charge in [-0.1, -0.05) is 0 Å². The van der Waals surface area contributed by atoms with Gasteiger partial charge in [0, 0.05) is 0 Å². The first-order valence-corrected chi connectivity index (χ1v) is 6.06. The number of nitrogens with zero attached hydrogens (tertiary/aromatic N) is 3. The van der Waals surface area contributed by atoms with Crippen LogP contribution in [0.25, 0.3) is 11.2 Å². The second kappa shape index (κ2) is 5.05. The number of aromatic amines is 1. The van der Waals surface area contributed by atoms with Crippen LogP contribution in [0.2, 0.25) is 0 Å². The lowest BCUT2D eigenvalue weighted by Gasteiger charge is -2.16. The van der Waals surface area contributed by atoms with E-state index in [2.05, 4.69) is 15.0 Å². The van der Waals surface area contributed by atoms with Crippen molar-refractivity contribution in [3.63, 3.8) is 0 Å². The molecule has 1 aliphatic rings. The normalized spacial score (nSPS) is 29.1. The molecule has 0 spiro atoms. The Labute approximate surface area is 116 Å². The fourth-order valence-electron chi connectivity index (χ4n) is 2.28. The number of anilines is 1. The molecular weight excluding hydrogens is 286 g/mol. The van der Waals surface area contributed by atoms with Gasteiger partial charge in [-0.2, -0.15) is 4.98 Å². The van der Waals surface area contributed by atoms with Gasteiger partial charge in [0.25, 0.3) is 5.56 Å². The van der Waals surface area contributed by atoms with Gasteiger partial charge in [-0.3, -0.25) is 19.6 Å². The molecular formula is C10H13N5O6. The third-order valence-electron chi connectivity index (χ3n) is 3.33. The number of H-pyrrole nitrogens is 1. The standard InChI is InChI=1S/C10H13N5O6/c16-1-3-5(17)6(18)9(21-3)15-2-11-4-7(15)12-10(14-20)13-8(4)19/h2-3,5-6,9,16-18,20H,1H2,(H2,12,13,14,19)/t3-,5+,6+,9+/m0/s1. The van der Waals surface area contributed by atoms with Crippen LogP contribution < -0.4 is 11.0 Å². The molecule has 3 heterocycles. The summed E-state index contributed by atoms with van der Waals surface area (Å²) in [5, 5.41) is 37.6. The highest BCUT2D eigenvalue weighted by molar-refractivity contribution is 5.70. The highest BCUT2D eigenvalue weighted by atomic mass is 16.6. The van der Waals surface area contributed by atoms with Crippen molar-refractivity contribution in [3.8, 4) is 0 Å². The third kappa shape index (κ3) is 2.07. The van der Waals surface area contributed by atoms with Crippen molar-refractivity contribution in [1.82, 2.24) is 19.5 Å². The lowest BCUT2D eigenvalue weighted by atomic mass is 10.1. The number of nitrogens with one attached hydrogen (secondary N) is 2. The Balaban J connectivity index is 2.09. The quantitative estimate of drug-likeness (QED) is 0.337. The summed E-state index contributed by atoms with van der Waals surface area (Å²) in [6.07, 6.45) is -3.42. The van der Waals surface area contributed by atoms with E-state index in [4.69, 9.17) is 15.1 Å². The first-order chi connectivity index (χ1) is 10.1. The number of rotatable bonds is 3. The molecule has 114 valence electrons. The van der Waals surface area contributed by atoms with Gasteiger partial charge in [-0.15, -0.1) is 0 Å². The molecule has 1 fully saturated rings. The van der Waals surface area contributed by atoms with E-state index in [9.17, 15) is 15.0 Å². The average molecular weight is 299 g/mol. The number of aromatic nitrogens is 4. The number of aliphatic hydroxyl groups excluding tert-OH is 3. The largest absolute Gasteiger partial charge is 0.394 e. The topological polar surface area (TPSA) is 166 Å². The van der Waals surface area contributed by atoms with Gasteiger partial charge in [0.15, 0.2) is 17.4 Å². The molecule has 0 radical (unpaired) electrons. The first kappa shape index (κ1) is 13.9. The molecule has 1 aliphatic heterocycles. The molecule has 2 aromatic rings. The van der Waals surface area contributed by atoms with Crippen molar-refractivity contribution < 1.29 is 25.3 Å². The zero-order chi connectivity index (χ0) is 15.1. The van der Waals surface area contributed by atoms with Crippen LogP contribution in [-0.4, -0.2) is 65.0 Å². The second-order valence-corrected chi connectivity index (χ2v) is 4.58. The van der Waals surface area contributed by atoms with E-state index < -0.39 is 36.7 Å². The van der Waals surface area contributed by atoms with E-state index in [1.165, 1.54) is 10.9 Å². The minimum atomic E-state index is -1.33. The number of imidazole rings is 1. The highest BCUT2D eigenvalue weighted by Crippen LogP contribution is 2.30. The SMILES string of the molecule is O=c1[nH]c(NO)nc2c1ncn2[C@@H]1O[C@@H](CO)[C@@H](O)[C@H]1O. The van der Waals surface area contributed by atoms with Gasteiger partial charge in [-0.25, -0.2) is 10.5 Å². The van der Waals surface area contributed by atoms with Crippen LogP contribution in [-0.2, 0) is 4.74 Å². The highest BCUT2D eigenvalue weighted by Gasteiger charge is 2.44. The molecule has 4 atom stereocenters. The Kier molecular flexibility index (Phi) is 3.35. The van der Waals surface area contributed by atoms with E-state index in [-0.39, 0.29) is 17.1 Å². The summed E-state index contributed by atoms with van der Waals surface area (Å²) < 4.78 is 6.58. The molecule has 0 amide bonds. The van der Waals surface area contributed by atoms with Gasteiger partial charge in [0.2, 0.25) is 5.95 Å². The van der Waals surface area contributed by atoms with Gasteiger partial charge < -0.3 is 20.1 Å². The lowest BCUT2D eigenvalue weighted by Crippen LogP contribution is -2.33. The van der Waals surface area contributed by atoms with Gasteiger partial charge in [-0.05, 0) is 0 Å². The summed E-state index contributed by atoms with van der Waals surface area (Å²) in [4.78, 5) is 21.8. The summed E-state index contributed by atoms with van der Waals surface area (Å²) in [6.45, 7) is -0.473. The fraction of sp³-hybridized carbons (Fsp3) is 0.500. The molecule has 0 saturated carbocycles. The maximum atomic E-state index is 11.7. The van der Waals surface area contributed by atoms with E-state index >= 15 is 0 Å². The Morgan fingerprint density at radius 2 is 2.19 bits per heavy atom. The van der Waals surface area contributed by atoms with Crippen LogP contribution in [0.4, 0.5) is 5.95 Å². The fourth-order valence-corrected chi connectivity index (χ4v) is 2.28. The van der Waals surface area contributed by atoms with Crippen molar-refractivity contribution in [1.29, 1.82) is 0 Å². The van der Waals surface area contributed by atoms with Crippen LogP contribution in [0.3, 0.4) is 0 Å². The molecule has 2 aromatic heterocycles. The van der Waals surface area contributed by atoms with Crippen LogP contribution >= 0.6 is 0 Å². The third-order valence-corrected chi connectivity index (χ3v) is 3.33. The molecule has 6 N–H and O–H groups in total. The number of ether oxygens (including phenoxy) is 1. The van der Waals surface area contributed by atoms with Crippen LogP contribution in [0.1, 0.15) is 6.23 Å². The zero-order valence-electron chi connectivity index (χ0n) is 10.5. The minimum absolute atomic E-state index is 0.0215. The molecule has 3 rings (SSSR count). The summed E-state index contributed by atoms with van der Waals surface area (Å²) in [6, 6.07) is 0. The van der Waals surface area contributed by atoms with Crippen molar-refractivity contribution in [2.24, 2.45) is 0 Å². The van der Waals surface area contributed by atoms with Crippen molar-refractivity contribution >= 4 is 17.1 Å². The maximum Gasteiger partial charge on any atom is 0.280 e. The molecule has 0 aliphatic carbocycles. The molecule has 1 saturated heterocycles. The van der Waals surface area contributed by atoms with E-state index in [0.29, 0.717) is 0 Å². The summed E-state index contributed by atoms with van der Waals surface area (Å²) in [7, 11) is 0. The zero-order valence-corrected chi connectivity index (χ0v) is 10.5. The number of hydrogen-bond acceptors (Lipinski definition) is 9. The predicted octanol–water partition coefficient (Wildman–Crippen LogP) is -2.47. The Bertz CT molecular complexity index is 714. The van der Waals surface area contributed by atoms with E-state index in [1.54, 1.807) is 5.48 Å². The second-order valence-electron chi connectivity index (χ2n) is 4.58. The Morgan fingerprint density at radius 1 is 1.43 bits per heavy atom. The molecule has 0 unspecified atom stereocenters. The maximum absolute atomic E-state index is 11.7. The van der Waals surface area contributed by atoms with Gasteiger partial charge in [0.05, 0.1) is 12.9 Å². The van der Waals surface area contributed by atoms with Crippen LogP contribution in [0, 0.1) is 0 Å². The minimum Gasteiger partial charge on any atom is -0.394 e. The van der Waals surface area contributed by atoms with Crippen LogP contribution in [0.5, 0.6) is 0 Å². The molecule has 0 bridgehead atoms.